The molecule has 0 atom stereocenters. The van der Waals surface area contributed by atoms with E-state index in [2.05, 4.69) is 20.2 Å². The highest BCUT2D eigenvalue weighted by Crippen LogP contribution is 2.16. The molecule has 0 aliphatic carbocycles. The van der Waals surface area contributed by atoms with Crippen LogP contribution in [0.4, 0.5) is 5.95 Å². The van der Waals surface area contributed by atoms with Crippen LogP contribution in [0.5, 0.6) is 0 Å². The molecule has 6 heteroatoms. The van der Waals surface area contributed by atoms with Crippen molar-refractivity contribution in [2.75, 3.05) is 18.0 Å². The van der Waals surface area contributed by atoms with Crippen LogP contribution in [0.3, 0.4) is 0 Å². The number of hydrogen-bond acceptors (Lipinski definition) is 6. The number of nitrogens with zero attached hydrogens (tertiary/aromatic N) is 3. The Labute approximate surface area is 123 Å². The van der Waals surface area contributed by atoms with E-state index in [9.17, 15) is 0 Å². The largest absolute Gasteiger partial charge is 0.462 e. The van der Waals surface area contributed by atoms with Gasteiger partial charge in [-0.1, -0.05) is 0 Å². The van der Waals surface area contributed by atoms with Crippen LogP contribution in [0.1, 0.15) is 24.4 Å². The molecular weight excluding hydrogens is 268 g/mol. The Balaban J connectivity index is 1.45. The lowest BCUT2D eigenvalue weighted by Crippen LogP contribution is -2.42. The molecule has 0 bridgehead atoms. The summed E-state index contributed by atoms with van der Waals surface area (Å²) in [6, 6.07) is 6.03. The quantitative estimate of drug-likeness (QED) is 0.864. The van der Waals surface area contributed by atoms with Crippen molar-refractivity contribution in [1.29, 1.82) is 0 Å². The number of aliphatic hydroxyl groups excluding tert-OH is 1. The summed E-state index contributed by atoms with van der Waals surface area (Å²) in [5.74, 6) is 2.30. The lowest BCUT2D eigenvalue weighted by Gasteiger charge is -2.32. The molecule has 1 fully saturated rings. The van der Waals surface area contributed by atoms with E-state index >= 15 is 0 Å². The van der Waals surface area contributed by atoms with Gasteiger partial charge >= 0.3 is 0 Å². The predicted octanol–water partition coefficient (Wildman–Crippen LogP) is 1.32. The molecule has 2 aromatic heterocycles. The second-order valence-electron chi connectivity index (χ2n) is 5.22. The Kier molecular flexibility index (Phi) is 4.47. The highest BCUT2D eigenvalue weighted by Gasteiger charge is 2.20. The third kappa shape index (κ3) is 3.59. The fraction of sp³-hybridized carbons (Fsp3) is 0.467. The van der Waals surface area contributed by atoms with E-state index in [1.165, 1.54) is 0 Å². The summed E-state index contributed by atoms with van der Waals surface area (Å²) in [4.78, 5) is 10.8. The number of anilines is 1. The topological polar surface area (TPSA) is 74.4 Å². The highest BCUT2D eigenvalue weighted by molar-refractivity contribution is 5.29. The highest BCUT2D eigenvalue weighted by atomic mass is 16.4. The fourth-order valence-electron chi connectivity index (χ4n) is 2.59. The van der Waals surface area contributed by atoms with Gasteiger partial charge in [-0.2, -0.15) is 0 Å². The van der Waals surface area contributed by atoms with E-state index in [0.717, 1.165) is 37.6 Å². The maximum Gasteiger partial charge on any atom is 0.225 e. The minimum absolute atomic E-state index is 0.0462. The molecule has 3 heterocycles. The van der Waals surface area contributed by atoms with E-state index in [-0.39, 0.29) is 6.61 Å². The maximum absolute atomic E-state index is 8.97. The molecule has 2 N–H and O–H groups in total. The van der Waals surface area contributed by atoms with E-state index < -0.39 is 0 Å². The van der Waals surface area contributed by atoms with Crippen LogP contribution >= 0.6 is 0 Å². The normalized spacial score (nSPS) is 16.3. The summed E-state index contributed by atoms with van der Waals surface area (Å²) < 4.78 is 5.47. The van der Waals surface area contributed by atoms with Crippen LogP contribution in [0.25, 0.3) is 0 Å². The Bertz CT molecular complexity index is 550. The van der Waals surface area contributed by atoms with E-state index in [1.807, 2.05) is 18.2 Å². The monoisotopic (exact) mass is 288 g/mol. The molecule has 21 heavy (non-hydrogen) atoms. The van der Waals surface area contributed by atoms with Crippen molar-refractivity contribution >= 4 is 5.95 Å². The SMILES string of the molecule is OCc1ccc(CNC2CCN(c3ncccn3)CC2)o1. The first-order valence-electron chi connectivity index (χ1n) is 7.29. The van der Waals surface area contributed by atoms with E-state index in [0.29, 0.717) is 18.3 Å². The number of aliphatic hydroxyl groups is 1. The molecule has 0 saturated carbocycles. The summed E-state index contributed by atoms with van der Waals surface area (Å²) in [6.45, 7) is 2.57. The average molecular weight is 288 g/mol. The molecular formula is C15H20N4O2. The van der Waals surface area contributed by atoms with Gasteiger partial charge in [-0.05, 0) is 31.0 Å². The molecule has 0 aromatic carbocycles. The van der Waals surface area contributed by atoms with Gasteiger partial charge in [-0.25, -0.2) is 9.97 Å². The van der Waals surface area contributed by atoms with Crippen LogP contribution in [-0.4, -0.2) is 34.2 Å². The molecule has 6 nitrogen and oxygen atoms in total. The minimum Gasteiger partial charge on any atom is -0.462 e. The van der Waals surface area contributed by atoms with Crippen LogP contribution in [0.2, 0.25) is 0 Å². The van der Waals surface area contributed by atoms with Gasteiger partial charge in [0.2, 0.25) is 5.95 Å². The second-order valence-corrected chi connectivity index (χ2v) is 5.22. The average Bonchev–Trinajstić information content (AvgIpc) is 3.02. The number of aromatic nitrogens is 2. The number of piperidine rings is 1. The third-order valence-corrected chi connectivity index (χ3v) is 3.77. The molecule has 1 aliphatic rings. The molecule has 112 valence electrons. The first kappa shape index (κ1) is 14.0. The van der Waals surface area contributed by atoms with Crippen molar-refractivity contribution in [2.24, 2.45) is 0 Å². The molecule has 0 spiro atoms. The zero-order valence-electron chi connectivity index (χ0n) is 11.9. The van der Waals surface area contributed by atoms with Crippen molar-refractivity contribution in [3.63, 3.8) is 0 Å². The van der Waals surface area contributed by atoms with Crippen LogP contribution in [-0.2, 0) is 13.2 Å². The fourth-order valence-corrected chi connectivity index (χ4v) is 2.59. The summed E-state index contributed by atoms with van der Waals surface area (Å²) in [5, 5.41) is 12.5. The molecule has 1 saturated heterocycles. The van der Waals surface area contributed by atoms with Crippen molar-refractivity contribution in [3.8, 4) is 0 Å². The summed E-state index contributed by atoms with van der Waals surface area (Å²) >= 11 is 0. The summed E-state index contributed by atoms with van der Waals surface area (Å²) in [7, 11) is 0. The molecule has 3 rings (SSSR count). The van der Waals surface area contributed by atoms with E-state index in [1.54, 1.807) is 12.4 Å². The molecule has 1 aliphatic heterocycles. The molecule has 0 radical (unpaired) electrons. The number of hydrogen-bond donors (Lipinski definition) is 2. The zero-order valence-corrected chi connectivity index (χ0v) is 11.9. The minimum atomic E-state index is -0.0462. The second kappa shape index (κ2) is 6.69. The van der Waals surface area contributed by atoms with Crippen LogP contribution in [0.15, 0.2) is 35.0 Å². The van der Waals surface area contributed by atoms with Gasteiger partial charge in [-0.3, -0.25) is 0 Å². The standard InChI is InChI=1S/C15H20N4O2/c20-11-14-3-2-13(21-14)10-18-12-4-8-19(9-5-12)15-16-6-1-7-17-15/h1-3,6-7,12,18,20H,4-5,8-11H2. The van der Waals surface area contributed by atoms with Gasteiger partial charge in [0.25, 0.3) is 0 Å². The summed E-state index contributed by atoms with van der Waals surface area (Å²) in [6.07, 6.45) is 5.68. The first-order valence-corrected chi connectivity index (χ1v) is 7.29. The number of furan rings is 1. The van der Waals surface area contributed by atoms with Gasteiger partial charge < -0.3 is 19.7 Å². The molecule has 0 amide bonds. The lowest BCUT2D eigenvalue weighted by molar-refractivity contribution is 0.242. The Morgan fingerprint density at radius 3 is 2.57 bits per heavy atom. The van der Waals surface area contributed by atoms with Gasteiger partial charge in [0, 0.05) is 31.5 Å². The first-order chi connectivity index (χ1) is 10.3. The third-order valence-electron chi connectivity index (χ3n) is 3.77. The van der Waals surface area contributed by atoms with Crippen molar-refractivity contribution in [3.05, 3.63) is 42.1 Å². The molecule has 2 aromatic rings. The van der Waals surface area contributed by atoms with Gasteiger partial charge in [0.15, 0.2) is 0 Å². The Hall–Kier alpha value is -1.92. The van der Waals surface area contributed by atoms with Crippen molar-refractivity contribution < 1.29 is 9.52 Å². The predicted molar refractivity (Wildman–Crippen MR) is 78.7 cm³/mol. The van der Waals surface area contributed by atoms with Crippen molar-refractivity contribution in [2.45, 2.75) is 32.0 Å². The van der Waals surface area contributed by atoms with Gasteiger partial charge in [-0.15, -0.1) is 0 Å². The van der Waals surface area contributed by atoms with Crippen LogP contribution in [0, 0.1) is 0 Å². The Morgan fingerprint density at radius 1 is 1.19 bits per heavy atom. The van der Waals surface area contributed by atoms with Gasteiger partial charge in [0.05, 0.1) is 6.54 Å². The lowest BCUT2D eigenvalue weighted by atomic mass is 10.1. The maximum atomic E-state index is 8.97. The number of nitrogens with one attached hydrogen (secondary N) is 1. The smallest absolute Gasteiger partial charge is 0.225 e. The Morgan fingerprint density at radius 2 is 1.90 bits per heavy atom. The van der Waals surface area contributed by atoms with Gasteiger partial charge in [0.1, 0.15) is 18.1 Å². The van der Waals surface area contributed by atoms with Crippen LogP contribution < -0.4 is 10.2 Å². The van der Waals surface area contributed by atoms with E-state index in [4.69, 9.17) is 9.52 Å². The van der Waals surface area contributed by atoms with Crippen molar-refractivity contribution in [1.82, 2.24) is 15.3 Å². The zero-order chi connectivity index (χ0) is 14.5. The summed E-state index contributed by atoms with van der Waals surface area (Å²) in [5.41, 5.74) is 0. The number of rotatable bonds is 5. The molecule has 0 unspecified atom stereocenters.